The summed E-state index contributed by atoms with van der Waals surface area (Å²) in [5, 5.41) is 0. The minimum atomic E-state index is 0.750. The zero-order valence-electron chi connectivity index (χ0n) is 9.21. The first kappa shape index (κ1) is 9.97. The van der Waals surface area contributed by atoms with E-state index in [0.29, 0.717) is 0 Å². The van der Waals surface area contributed by atoms with Crippen molar-refractivity contribution in [3.63, 3.8) is 0 Å². The average Bonchev–Trinajstić information content (AvgIpc) is 2.19. The van der Waals surface area contributed by atoms with Crippen LogP contribution >= 0.6 is 0 Å². The number of hydrogen-bond acceptors (Lipinski definition) is 1. The molecule has 1 heteroatoms. The number of hydrogen-bond donors (Lipinski definition) is 0. The van der Waals surface area contributed by atoms with Crippen molar-refractivity contribution in [2.45, 2.75) is 32.6 Å². The molecule has 1 aliphatic carbocycles. The van der Waals surface area contributed by atoms with Gasteiger partial charge in [-0.1, -0.05) is 31.6 Å². The maximum absolute atomic E-state index is 2.59. The maximum atomic E-state index is 2.59. The van der Waals surface area contributed by atoms with Crippen molar-refractivity contribution in [2.24, 2.45) is 5.92 Å². The normalized spacial score (nSPS) is 28.9. The maximum Gasteiger partial charge on any atom is 0.0230 e. The second-order valence-electron chi connectivity index (χ2n) is 4.69. The Hall–Kier alpha value is -0.560. The van der Waals surface area contributed by atoms with E-state index in [1.807, 2.05) is 0 Å². The van der Waals surface area contributed by atoms with Crippen LogP contribution in [-0.2, 0) is 0 Å². The van der Waals surface area contributed by atoms with Gasteiger partial charge in [0.2, 0.25) is 0 Å². The Kier molecular flexibility index (Phi) is 3.41. The van der Waals surface area contributed by atoms with E-state index in [9.17, 15) is 0 Å². The summed E-state index contributed by atoms with van der Waals surface area (Å²) >= 11 is 0. The number of likely N-dealkylation sites (tertiary alicyclic amines) is 1. The van der Waals surface area contributed by atoms with Crippen LogP contribution in [0.5, 0.6) is 0 Å². The SMILES string of the molecule is CC1C=C(CN2CCCCC2)C=CC1. The fraction of sp³-hybridized carbons (Fsp3) is 0.692. The van der Waals surface area contributed by atoms with Crippen molar-refractivity contribution in [3.05, 3.63) is 23.8 Å². The average molecular weight is 191 g/mol. The van der Waals surface area contributed by atoms with Crippen LogP contribution < -0.4 is 0 Å². The highest BCUT2D eigenvalue weighted by Crippen LogP contribution is 2.18. The number of nitrogens with zero attached hydrogens (tertiary/aromatic N) is 1. The van der Waals surface area contributed by atoms with Crippen LogP contribution in [0.2, 0.25) is 0 Å². The molecule has 2 rings (SSSR count). The Bertz CT molecular complexity index is 234. The molecule has 1 unspecified atom stereocenters. The van der Waals surface area contributed by atoms with Gasteiger partial charge >= 0.3 is 0 Å². The zero-order chi connectivity index (χ0) is 9.80. The van der Waals surface area contributed by atoms with E-state index in [1.54, 1.807) is 0 Å². The van der Waals surface area contributed by atoms with Crippen LogP contribution in [0, 0.1) is 5.92 Å². The zero-order valence-corrected chi connectivity index (χ0v) is 9.21. The number of piperidine rings is 1. The fourth-order valence-electron chi connectivity index (χ4n) is 2.40. The Morgan fingerprint density at radius 1 is 1.29 bits per heavy atom. The van der Waals surface area contributed by atoms with Crippen molar-refractivity contribution in [1.29, 1.82) is 0 Å². The largest absolute Gasteiger partial charge is 0.299 e. The van der Waals surface area contributed by atoms with Crippen molar-refractivity contribution in [1.82, 2.24) is 4.90 Å². The molecule has 14 heavy (non-hydrogen) atoms. The van der Waals surface area contributed by atoms with Gasteiger partial charge in [-0.15, -0.1) is 0 Å². The van der Waals surface area contributed by atoms with Crippen molar-refractivity contribution >= 4 is 0 Å². The molecule has 0 amide bonds. The predicted octanol–water partition coefficient (Wildman–Crippen LogP) is 2.99. The quantitative estimate of drug-likeness (QED) is 0.648. The molecule has 0 radical (unpaired) electrons. The molecule has 0 aromatic heterocycles. The summed E-state index contributed by atoms with van der Waals surface area (Å²) in [6.07, 6.45) is 12.5. The van der Waals surface area contributed by atoms with Gasteiger partial charge in [0.15, 0.2) is 0 Å². The molecule has 1 heterocycles. The Labute approximate surface area is 87.5 Å². The first-order valence-electron chi connectivity index (χ1n) is 5.94. The summed E-state index contributed by atoms with van der Waals surface area (Å²) < 4.78 is 0. The van der Waals surface area contributed by atoms with Crippen LogP contribution in [0.1, 0.15) is 32.6 Å². The minimum absolute atomic E-state index is 0.750. The third-order valence-corrected chi connectivity index (χ3v) is 3.19. The lowest BCUT2D eigenvalue weighted by Crippen LogP contribution is -2.31. The van der Waals surface area contributed by atoms with Crippen LogP contribution in [0.15, 0.2) is 23.8 Å². The molecule has 1 atom stereocenters. The van der Waals surface area contributed by atoms with Gasteiger partial charge < -0.3 is 0 Å². The standard InChI is InChI=1S/C13H21N/c1-12-6-5-7-13(10-12)11-14-8-3-2-4-9-14/h5,7,10,12H,2-4,6,8-9,11H2,1H3. The van der Waals surface area contributed by atoms with E-state index in [2.05, 4.69) is 30.1 Å². The topological polar surface area (TPSA) is 3.24 Å². The molecule has 1 nitrogen and oxygen atoms in total. The van der Waals surface area contributed by atoms with Crippen molar-refractivity contribution < 1.29 is 0 Å². The molecule has 0 saturated carbocycles. The van der Waals surface area contributed by atoms with E-state index >= 15 is 0 Å². The van der Waals surface area contributed by atoms with Gasteiger partial charge in [-0.25, -0.2) is 0 Å². The summed E-state index contributed by atoms with van der Waals surface area (Å²) in [5.41, 5.74) is 1.53. The first-order chi connectivity index (χ1) is 6.84. The van der Waals surface area contributed by atoms with E-state index in [0.717, 1.165) is 5.92 Å². The monoisotopic (exact) mass is 191 g/mol. The van der Waals surface area contributed by atoms with E-state index in [-0.39, 0.29) is 0 Å². The van der Waals surface area contributed by atoms with Crippen LogP contribution in [0.4, 0.5) is 0 Å². The molecule has 1 fully saturated rings. The van der Waals surface area contributed by atoms with Gasteiger partial charge in [0.05, 0.1) is 0 Å². The summed E-state index contributed by atoms with van der Waals surface area (Å²) in [7, 11) is 0. The van der Waals surface area contributed by atoms with Crippen LogP contribution in [0.3, 0.4) is 0 Å². The van der Waals surface area contributed by atoms with Gasteiger partial charge in [-0.2, -0.15) is 0 Å². The fourth-order valence-corrected chi connectivity index (χ4v) is 2.40. The molecule has 1 saturated heterocycles. The Morgan fingerprint density at radius 3 is 2.79 bits per heavy atom. The Morgan fingerprint density at radius 2 is 2.07 bits per heavy atom. The smallest absolute Gasteiger partial charge is 0.0230 e. The molecular weight excluding hydrogens is 170 g/mol. The van der Waals surface area contributed by atoms with Gasteiger partial charge in [0, 0.05) is 6.54 Å². The molecule has 0 aromatic carbocycles. The Balaban J connectivity index is 1.86. The lowest BCUT2D eigenvalue weighted by Gasteiger charge is -2.27. The highest BCUT2D eigenvalue weighted by molar-refractivity contribution is 5.25. The van der Waals surface area contributed by atoms with E-state index in [4.69, 9.17) is 0 Å². The summed E-state index contributed by atoms with van der Waals surface area (Å²) in [6.45, 7) is 6.10. The molecule has 78 valence electrons. The minimum Gasteiger partial charge on any atom is -0.299 e. The van der Waals surface area contributed by atoms with Crippen LogP contribution in [0.25, 0.3) is 0 Å². The van der Waals surface area contributed by atoms with E-state index in [1.165, 1.54) is 50.9 Å². The van der Waals surface area contributed by atoms with E-state index < -0.39 is 0 Å². The molecule has 2 aliphatic rings. The number of allylic oxidation sites excluding steroid dienone is 2. The molecule has 0 spiro atoms. The third-order valence-electron chi connectivity index (χ3n) is 3.19. The number of rotatable bonds is 2. The van der Waals surface area contributed by atoms with Gasteiger partial charge in [-0.05, 0) is 43.8 Å². The highest BCUT2D eigenvalue weighted by atomic mass is 15.1. The summed E-state index contributed by atoms with van der Waals surface area (Å²) in [5.74, 6) is 0.750. The third kappa shape index (κ3) is 2.71. The van der Waals surface area contributed by atoms with Crippen molar-refractivity contribution in [2.75, 3.05) is 19.6 Å². The van der Waals surface area contributed by atoms with Crippen LogP contribution in [-0.4, -0.2) is 24.5 Å². The molecule has 0 bridgehead atoms. The lowest BCUT2D eigenvalue weighted by molar-refractivity contribution is 0.247. The lowest BCUT2D eigenvalue weighted by atomic mass is 9.97. The molecular formula is C13H21N. The summed E-state index contributed by atoms with van der Waals surface area (Å²) in [4.78, 5) is 2.59. The predicted molar refractivity (Wildman–Crippen MR) is 61.3 cm³/mol. The molecule has 1 aliphatic heterocycles. The first-order valence-corrected chi connectivity index (χ1v) is 5.94. The van der Waals surface area contributed by atoms with Crippen molar-refractivity contribution in [3.8, 4) is 0 Å². The molecule has 0 N–H and O–H groups in total. The summed E-state index contributed by atoms with van der Waals surface area (Å²) in [6, 6.07) is 0. The van der Waals surface area contributed by atoms with Gasteiger partial charge in [0.1, 0.15) is 0 Å². The molecule has 0 aromatic rings. The second-order valence-corrected chi connectivity index (χ2v) is 4.69. The van der Waals surface area contributed by atoms with Gasteiger partial charge in [0.25, 0.3) is 0 Å². The van der Waals surface area contributed by atoms with Gasteiger partial charge in [-0.3, -0.25) is 4.90 Å². The highest BCUT2D eigenvalue weighted by Gasteiger charge is 2.12. The second kappa shape index (κ2) is 4.79.